The van der Waals surface area contributed by atoms with Crippen LogP contribution in [0, 0.1) is 0 Å². The van der Waals surface area contributed by atoms with Crippen LogP contribution < -0.4 is 4.90 Å². The molecule has 13 aromatic rings. The van der Waals surface area contributed by atoms with Crippen LogP contribution in [0.25, 0.3) is 103 Å². The van der Waals surface area contributed by atoms with Gasteiger partial charge in [-0.3, -0.25) is 0 Å². The van der Waals surface area contributed by atoms with Gasteiger partial charge in [0.2, 0.25) is 0 Å². The Kier molecular flexibility index (Phi) is 9.40. The summed E-state index contributed by atoms with van der Waals surface area (Å²) in [6, 6.07) is 93.1. The molecule has 11 aromatic carbocycles. The van der Waals surface area contributed by atoms with Gasteiger partial charge in [-0.05, 0) is 134 Å². The first kappa shape index (κ1) is 38.9. The van der Waals surface area contributed by atoms with Crippen LogP contribution in [-0.2, 0) is 0 Å². The molecule has 0 saturated heterocycles. The number of rotatable bonds is 8. The molecular weight excluding hydrogens is 829 g/mol. The van der Waals surface area contributed by atoms with Crippen LogP contribution in [-0.4, -0.2) is 4.57 Å². The van der Waals surface area contributed by atoms with Gasteiger partial charge in [0.05, 0.1) is 11.0 Å². The summed E-state index contributed by atoms with van der Waals surface area (Å²) in [6.45, 7) is 0. The third-order valence-electron chi connectivity index (χ3n) is 13.4. The normalized spacial score (nSPS) is 11.6. The Morgan fingerprint density at radius 3 is 1.39 bits per heavy atom. The van der Waals surface area contributed by atoms with Gasteiger partial charge in [0.25, 0.3) is 0 Å². The largest absolute Gasteiger partial charge is 0.311 e. The fourth-order valence-electron chi connectivity index (χ4n) is 10.2. The van der Waals surface area contributed by atoms with Crippen molar-refractivity contribution in [3.8, 4) is 50.2 Å². The van der Waals surface area contributed by atoms with Crippen molar-refractivity contribution >= 4 is 81.1 Å². The number of thiophene rings is 1. The molecule has 0 aliphatic heterocycles. The smallest absolute Gasteiger partial charge is 0.0541 e. The van der Waals surface area contributed by atoms with Crippen LogP contribution in [0.15, 0.2) is 255 Å². The molecule has 2 nitrogen and oxygen atoms in total. The van der Waals surface area contributed by atoms with Crippen LogP contribution in [0.5, 0.6) is 0 Å². The molecule has 0 amide bonds. The minimum atomic E-state index is 1.09. The van der Waals surface area contributed by atoms with Crippen molar-refractivity contribution in [2.24, 2.45) is 0 Å². The monoisotopic (exact) mass is 870 g/mol. The molecule has 0 bridgehead atoms. The standard InChI is InChI=1S/C64H42N2S/c1-2-13-45(14-3-1)54-22-11-15-47-16-12-23-55(64(47)54)46-31-38-52(39-32-46)65(51-36-29-44(30-37-51)49-33-40-63-59(42-49)58-21-6-9-26-62(58)67-63)50-34-27-43(28-35-50)48-17-10-18-53(41-48)66-60-24-7-4-19-56(60)57-20-5-8-25-61(57)66/h1-42H. The molecule has 0 radical (unpaired) electrons. The van der Waals surface area contributed by atoms with Gasteiger partial charge in [-0.2, -0.15) is 0 Å². The van der Waals surface area contributed by atoms with E-state index in [-0.39, 0.29) is 0 Å². The Balaban J connectivity index is 0.890. The van der Waals surface area contributed by atoms with E-state index in [1.54, 1.807) is 0 Å². The predicted molar refractivity (Wildman–Crippen MR) is 288 cm³/mol. The molecular formula is C64H42N2S. The van der Waals surface area contributed by atoms with Gasteiger partial charge in [0.15, 0.2) is 0 Å². The van der Waals surface area contributed by atoms with E-state index < -0.39 is 0 Å². The maximum absolute atomic E-state index is 2.39. The van der Waals surface area contributed by atoms with Gasteiger partial charge in [0, 0.05) is 53.7 Å². The van der Waals surface area contributed by atoms with Crippen LogP contribution >= 0.6 is 11.3 Å². The van der Waals surface area contributed by atoms with Gasteiger partial charge in [-0.25, -0.2) is 0 Å². The Morgan fingerprint density at radius 1 is 0.299 bits per heavy atom. The van der Waals surface area contributed by atoms with E-state index in [2.05, 4.69) is 264 Å². The molecule has 0 atom stereocenters. The first-order valence-corrected chi connectivity index (χ1v) is 23.7. The summed E-state index contributed by atoms with van der Waals surface area (Å²) in [5, 5.41) is 7.66. The maximum Gasteiger partial charge on any atom is 0.0541 e. The minimum Gasteiger partial charge on any atom is -0.311 e. The average molecular weight is 871 g/mol. The van der Waals surface area contributed by atoms with E-state index in [0.29, 0.717) is 0 Å². The molecule has 0 spiro atoms. The van der Waals surface area contributed by atoms with Crippen molar-refractivity contribution in [1.29, 1.82) is 0 Å². The molecule has 314 valence electrons. The highest BCUT2D eigenvalue weighted by Crippen LogP contribution is 2.42. The molecule has 0 fully saturated rings. The third-order valence-corrected chi connectivity index (χ3v) is 14.6. The van der Waals surface area contributed by atoms with E-state index >= 15 is 0 Å². The number of fused-ring (bicyclic) bond motifs is 7. The summed E-state index contributed by atoms with van der Waals surface area (Å²) in [5.74, 6) is 0. The molecule has 0 aliphatic rings. The maximum atomic E-state index is 2.39. The molecule has 0 saturated carbocycles. The number of hydrogen-bond acceptors (Lipinski definition) is 2. The van der Waals surface area contributed by atoms with Gasteiger partial charge in [0.1, 0.15) is 0 Å². The molecule has 2 heterocycles. The Labute approximate surface area is 393 Å². The number of para-hydroxylation sites is 2. The summed E-state index contributed by atoms with van der Waals surface area (Å²) in [4.78, 5) is 2.37. The zero-order chi connectivity index (χ0) is 44.3. The topological polar surface area (TPSA) is 8.17 Å². The van der Waals surface area contributed by atoms with E-state index in [4.69, 9.17) is 0 Å². The second-order valence-electron chi connectivity index (χ2n) is 17.3. The first-order valence-electron chi connectivity index (χ1n) is 22.9. The summed E-state index contributed by atoms with van der Waals surface area (Å²) < 4.78 is 5.03. The summed E-state index contributed by atoms with van der Waals surface area (Å²) >= 11 is 1.86. The predicted octanol–water partition coefficient (Wildman–Crippen LogP) is 18.4. The van der Waals surface area contributed by atoms with Crippen molar-refractivity contribution in [2.45, 2.75) is 0 Å². The number of benzene rings is 11. The second kappa shape index (κ2) is 16.2. The highest BCUT2D eigenvalue weighted by atomic mass is 32.1. The summed E-state index contributed by atoms with van der Waals surface area (Å²) in [7, 11) is 0. The number of nitrogens with zero attached hydrogens (tertiary/aromatic N) is 2. The Bertz CT molecular complexity index is 3900. The van der Waals surface area contributed by atoms with Crippen molar-refractivity contribution in [3.63, 3.8) is 0 Å². The van der Waals surface area contributed by atoms with Crippen LogP contribution in [0.3, 0.4) is 0 Å². The fraction of sp³-hybridized carbons (Fsp3) is 0. The van der Waals surface area contributed by atoms with Gasteiger partial charge in [-0.15, -0.1) is 11.3 Å². The third kappa shape index (κ3) is 6.79. The molecule has 0 aliphatic carbocycles. The summed E-state index contributed by atoms with van der Waals surface area (Å²) in [6.07, 6.45) is 0. The Hall–Kier alpha value is -8.50. The molecule has 67 heavy (non-hydrogen) atoms. The van der Waals surface area contributed by atoms with E-state index in [9.17, 15) is 0 Å². The van der Waals surface area contributed by atoms with Crippen LogP contribution in [0.4, 0.5) is 17.1 Å². The fourth-order valence-corrected chi connectivity index (χ4v) is 11.3. The SMILES string of the molecule is c1ccc(-c2cccc3cccc(-c4ccc(N(c5ccc(-c6cccc(-n7c8ccccc8c8ccccc87)c6)cc5)c5ccc(-c6ccc7sc8ccccc8c7c6)cc5)cc4)c23)cc1. The highest BCUT2D eigenvalue weighted by molar-refractivity contribution is 7.25. The first-order chi connectivity index (χ1) is 33.2. The molecule has 0 unspecified atom stereocenters. The van der Waals surface area contributed by atoms with E-state index in [1.165, 1.54) is 97.3 Å². The van der Waals surface area contributed by atoms with Crippen molar-refractivity contribution in [1.82, 2.24) is 4.57 Å². The zero-order valence-electron chi connectivity index (χ0n) is 36.6. The lowest BCUT2D eigenvalue weighted by molar-refractivity contribution is 1.18. The molecule has 0 N–H and O–H groups in total. The van der Waals surface area contributed by atoms with Gasteiger partial charge in [-0.1, -0.05) is 176 Å². The number of hydrogen-bond donors (Lipinski definition) is 0. The average Bonchev–Trinajstić information content (AvgIpc) is 3.95. The van der Waals surface area contributed by atoms with Gasteiger partial charge >= 0.3 is 0 Å². The van der Waals surface area contributed by atoms with Crippen molar-refractivity contribution in [2.75, 3.05) is 4.90 Å². The van der Waals surface area contributed by atoms with Crippen molar-refractivity contribution in [3.05, 3.63) is 255 Å². The van der Waals surface area contributed by atoms with Gasteiger partial charge < -0.3 is 9.47 Å². The van der Waals surface area contributed by atoms with E-state index in [1.807, 2.05) is 11.3 Å². The highest BCUT2D eigenvalue weighted by Gasteiger charge is 2.17. The Morgan fingerprint density at radius 2 is 0.761 bits per heavy atom. The van der Waals surface area contributed by atoms with Crippen LogP contribution in [0.2, 0.25) is 0 Å². The lowest BCUT2D eigenvalue weighted by atomic mass is 9.91. The molecule has 13 rings (SSSR count). The second-order valence-corrected chi connectivity index (χ2v) is 18.4. The zero-order valence-corrected chi connectivity index (χ0v) is 37.4. The molecule has 2 aromatic heterocycles. The van der Waals surface area contributed by atoms with Crippen molar-refractivity contribution < 1.29 is 0 Å². The van der Waals surface area contributed by atoms with Crippen LogP contribution in [0.1, 0.15) is 0 Å². The summed E-state index contributed by atoms with van der Waals surface area (Å²) in [5.41, 5.74) is 16.5. The lowest BCUT2D eigenvalue weighted by Crippen LogP contribution is -2.09. The number of aromatic nitrogens is 1. The molecule has 3 heteroatoms. The quantitative estimate of drug-likeness (QED) is 0.148. The number of anilines is 3. The lowest BCUT2D eigenvalue weighted by Gasteiger charge is -2.26. The van der Waals surface area contributed by atoms with E-state index in [0.717, 1.165) is 22.7 Å². The minimum absolute atomic E-state index is 1.09.